The summed E-state index contributed by atoms with van der Waals surface area (Å²) in [6.45, 7) is 6.05. The molecule has 4 aliphatic rings. The van der Waals surface area contributed by atoms with Crippen LogP contribution in [-0.2, 0) is 0 Å². The number of hydrogen-bond donors (Lipinski definition) is 5. The van der Waals surface area contributed by atoms with Crippen molar-refractivity contribution >= 4 is 17.5 Å². The fourth-order valence-electron chi connectivity index (χ4n) is 5.41. The van der Waals surface area contributed by atoms with Gasteiger partial charge in [-0.3, -0.25) is 0 Å². The predicted molar refractivity (Wildman–Crippen MR) is 126 cm³/mol. The second-order valence-electron chi connectivity index (χ2n) is 9.25. The minimum Gasteiger partial charge on any atom is -0.512 e. The van der Waals surface area contributed by atoms with Crippen LogP contribution in [0.4, 0.5) is 5.82 Å². The third kappa shape index (κ3) is 4.32. The van der Waals surface area contributed by atoms with Crippen molar-refractivity contribution in [1.82, 2.24) is 15.2 Å². The highest BCUT2D eigenvalue weighted by Gasteiger charge is 2.30. The maximum absolute atomic E-state index is 10.6. The molecule has 2 unspecified atom stereocenters. The topological polar surface area (TPSA) is 83.5 Å². The fraction of sp³-hybridized carbons (Fsp3) is 0.520. The molecule has 0 bridgehead atoms. The highest BCUT2D eigenvalue weighted by Crippen LogP contribution is 2.40. The van der Waals surface area contributed by atoms with Crippen LogP contribution in [0, 0.1) is 11.8 Å². The van der Waals surface area contributed by atoms with Crippen molar-refractivity contribution in [1.29, 1.82) is 0 Å². The molecule has 6 nitrogen and oxygen atoms in total. The van der Waals surface area contributed by atoms with Crippen molar-refractivity contribution in [3.8, 4) is 0 Å². The number of H-pyrrole nitrogens is 1. The Balaban J connectivity index is 1.34. The van der Waals surface area contributed by atoms with Crippen LogP contribution in [0.1, 0.15) is 43.2 Å². The summed E-state index contributed by atoms with van der Waals surface area (Å²) in [6, 6.07) is 0. The van der Waals surface area contributed by atoms with E-state index >= 15 is 0 Å². The molecule has 3 heterocycles. The molecule has 1 fully saturated rings. The van der Waals surface area contributed by atoms with E-state index in [-0.39, 0.29) is 5.92 Å². The Bertz CT molecular complexity index is 931. The molecule has 5 rings (SSSR count). The predicted octanol–water partition coefficient (Wildman–Crippen LogP) is 4.21. The maximum atomic E-state index is 10.6. The molecule has 1 aromatic heterocycles. The summed E-state index contributed by atoms with van der Waals surface area (Å²) in [6.07, 6.45) is 15.3. The van der Waals surface area contributed by atoms with Crippen molar-refractivity contribution in [2.24, 2.45) is 11.8 Å². The first-order valence-corrected chi connectivity index (χ1v) is 11.8. The Kier molecular flexibility index (Phi) is 5.92. The Morgan fingerprint density at radius 2 is 1.97 bits per heavy atom. The van der Waals surface area contributed by atoms with Crippen LogP contribution in [-0.4, -0.2) is 59.4 Å². The summed E-state index contributed by atoms with van der Waals surface area (Å²) < 4.78 is 0. The van der Waals surface area contributed by atoms with Gasteiger partial charge in [-0.05, 0) is 74.9 Å². The first-order chi connectivity index (χ1) is 15.2. The molecule has 1 saturated heterocycles. The lowest BCUT2D eigenvalue weighted by molar-refractivity contribution is 0.193. The van der Waals surface area contributed by atoms with E-state index in [1.165, 1.54) is 12.0 Å². The third-order valence-electron chi connectivity index (χ3n) is 7.17. The number of aliphatic hydroxyl groups is 2. The van der Waals surface area contributed by atoms with Gasteiger partial charge in [-0.1, -0.05) is 6.08 Å². The summed E-state index contributed by atoms with van der Waals surface area (Å²) in [7, 11) is 0. The number of aromatic amines is 1. The van der Waals surface area contributed by atoms with Gasteiger partial charge in [0.1, 0.15) is 11.6 Å². The summed E-state index contributed by atoms with van der Waals surface area (Å²) in [4.78, 5) is 5.84. The average Bonchev–Trinajstić information content (AvgIpc) is 3.03. The fourth-order valence-corrected chi connectivity index (χ4v) is 5.41. The second kappa shape index (κ2) is 8.97. The first kappa shape index (κ1) is 20.5. The van der Waals surface area contributed by atoms with Crippen molar-refractivity contribution in [3.05, 3.63) is 52.6 Å². The van der Waals surface area contributed by atoms with Crippen LogP contribution in [0.3, 0.4) is 0 Å². The van der Waals surface area contributed by atoms with Gasteiger partial charge in [-0.25, -0.2) is 0 Å². The SMILES string of the molecule is OC1=CCCC=C1c1c[nH]c2c1C=C(C1CC=C(O)C(CN3CCCNCC3)C1)CN2. The molecule has 2 atom stereocenters. The summed E-state index contributed by atoms with van der Waals surface area (Å²) >= 11 is 0. The summed E-state index contributed by atoms with van der Waals surface area (Å²) in [5.41, 5.74) is 4.52. The van der Waals surface area contributed by atoms with Gasteiger partial charge in [-0.15, -0.1) is 0 Å². The summed E-state index contributed by atoms with van der Waals surface area (Å²) in [5.74, 6) is 2.62. The van der Waals surface area contributed by atoms with Gasteiger partial charge >= 0.3 is 0 Å². The number of allylic oxidation sites excluding steroid dienone is 4. The lowest BCUT2D eigenvalue weighted by Gasteiger charge is -2.33. The molecule has 6 heteroatoms. The molecule has 0 amide bonds. The van der Waals surface area contributed by atoms with Crippen LogP contribution in [0.2, 0.25) is 0 Å². The van der Waals surface area contributed by atoms with E-state index in [9.17, 15) is 10.2 Å². The molecular formula is C25H34N4O2. The van der Waals surface area contributed by atoms with Crippen molar-refractivity contribution in [3.63, 3.8) is 0 Å². The number of nitrogens with zero attached hydrogens (tertiary/aromatic N) is 1. The van der Waals surface area contributed by atoms with E-state index in [4.69, 9.17) is 0 Å². The monoisotopic (exact) mass is 422 g/mol. The quantitative estimate of drug-likeness (QED) is 0.502. The molecular weight excluding hydrogens is 388 g/mol. The molecule has 0 aromatic carbocycles. The molecule has 2 aliphatic heterocycles. The van der Waals surface area contributed by atoms with Crippen LogP contribution in [0.15, 0.2) is 41.5 Å². The largest absolute Gasteiger partial charge is 0.512 e. The Labute approximate surface area is 184 Å². The van der Waals surface area contributed by atoms with E-state index in [2.05, 4.69) is 32.7 Å². The lowest BCUT2D eigenvalue weighted by atomic mass is 9.79. The van der Waals surface area contributed by atoms with Crippen LogP contribution >= 0.6 is 0 Å². The molecule has 0 spiro atoms. The number of aliphatic hydroxyl groups excluding tert-OH is 2. The highest BCUT2D eigenvalue weighted by atomic mass is 16.3. The molecule has 31 heavy (non-hydrogen) atoms. The minimum atomic E-state index is 0.206. The maximum Gasteiger partial charge on any atom is 0.119 e. The van der Waals surface area contributed by atoms with E-state index < -0.39 is 0 Å². The minimum absolute atomic E-state index is 0.206. The highest BCUT2D eigenvalue weighted by molar-refractivity contribution is 5.88. The number of anilines is 1. The molecule has 166 valence electrons. The number of fused-ring (bicyclic) bond motifs is 1. The van der Waals surface area contributed by atoms with E-state index in [1.54, 1.807) is 0 Å². The Hall–Kier alpha value is -2.44. The molecule has 1 aromatic rings. The zero-order chi connectivity index (χ0) is 21.2. The van der Waals surface area contributed by atoms with Gasteiger partial charge in [0, 0.05) is 55.0 Å². The van der Waals surface area contributed by atoms with Crippen LogP contribution in [0.5, 0.6) is 0 Å². The van der Waals surface area contributed by atoms with Gasteiger partial charge in [0.05, 0.1) is 5.76 Å². The van der Waals surface area contributed by atoms with Gasteiger partial charge in [-0.2, -0.15) is 0 Å². The number of aromatic nitrogens is 1. The number of rotatable bonds is 4. The first-order valence-electron chi connectivity index (χ1n) is 11.8. The van der Waals surface area contributed by atoms with Gasteiger partial charge in [0.15, 0.2) is 0 Å². The smallest absolute Gasteiger partial charge is 0.119 e. The van der Waals surface area contributed by atoms with E-state index in [0.717, 1.165) is 87.5 Å². The van der Waals surface area contributed by atoms with Crippen molar-refractivity contribution < 1.29 is 10.2 Å². The standard InChI is InChI=1S/C25H34N4O2/c30-23-7-6-17(12-19(23)16-29-10-3-8-26-9-11-29)18-13-21-22(15-28-25(21)27-14-18)20-4-1-2-5-24(20)31/h4-5,7,13,15,17,19,26-28,30-31H,1-3,6,8-12,14,16H2. The molecule has 5 N–H and O–H groups in total. The third-order valence-corrected chi connectivity index (χ3v) is 7.17. The van der Waals surface area contributed by atoms with Crippen molar-refractivity contribution in [2.45, 2.75) is 32.1 Å². The molecule has 2 aliphatic carbocycles. The normalized spacial score (nSPS) is 27.2. The van der Waals surface area contributed by atoms with Crippen molar-refractivity contribution in [2.75, 3.05) is 44.6 Å². The van der Waals surface area contributed by atoms with Crippen LogP contribution < -0.4 is 10.6 Å². The van der Waals surface area contributed by atoms with Gasteiger partial charge in [0.25, 0.3) is 0 Å². The number of nitrogens with one attached hydrogen (secondary N) is 3. The van der Waals surface area contributed by atoms with Gasteiger partial charge < -0.3 is 30.7 Å². The zero-order valence-electron chi connectivity index (χ0n) is 18.2. The van der Waals surface area contributed by atoms with E-state index in [1.807, 2.05) is 18.3 Å². The lowest BCUT2D eigenvalue weighted by Crippen LogP contribution is -2.35. The molecule has 0 saturated carbocycles. The zero-order valence-corrected chi connectivity index (χ0v) is 18.2. The second-order valence-corrected chi connectivity index (χ2v) is 9.25. The molecule has 0 radical (unpaired) electrons. The average molecular weight is 423 g/mol. The Morgan fingerprint density at radius 3 is 2.87 bits per heavy atom. The van der Waals surface area contributed by atoms with E-state index in [0.29, 0.717) is 17.4 Å². The Morgan fingerprint density at radius 1 is 1.06 bits per heavy atom. The number of hydrogen-bond acceptors (Lipinski definition) is 5. The summed E-state index contributed by atoms with van der Waals surface area (Å²) in [5, 5.41) is 28.0. The van der Waals surface area contributed by atoms with Crippen LogP contribution in [0.25, 0.3) is 11.6 Å². The van der Waals surface area contributed by atoms with Gasteiger partial charge in [0.2, 0.25) is 0 Å².